The summed E-state index contributed by atoms with van der Waals surface area (Å²) >= 11 is 0. The minimum Gasteiger partial charge on any atom is -0.518 e. The summed E-state index contributed by atoms with van der Waals surface area (Å²) in [6, 6.07) is 4.59. The lowest BCUT2D eigenvalue weighted by Crippen LogP contribution is -2.48. The fourth-order valence-corrected chi connectivity index (χ4v) is 2.49. The molecule has 0 bridgehead atoms. The van der Waals surface area contributed by atoms with E-state index in [1.807, 2.05) is 25.7 Å². The summed E-state index contributed by atoms with van der Waals surface area (Å²) in [5.74, 6) is -0.458. The third-order valence-corrected chi connectivity index (χ3v) is 3.34. The minimum absolute atomic E-state index is 0.253. The van der Waals surface area contributed by atoms with Crippen LogP contribution < -0.4 is 5.32 Å². The van der Waals surface area contributed by atoms with E-state index in [1.54, 1.807) is 39.1 Å². The molecule has 23 heavy (non-hydrogen) atoms. The molecule has 1 rings (SSSR count). The van der Waals surface area contributed by atoms with Gasteiger partial charge in [0.2, 0.25) is 8.32 Å². The van der Waals surface area contributed by atoms with Crippen molar-refractivity contribution in [2.75, 3.05) is 0 Å². The van der Waals surface area contributed by atoms with Gasteiger partial charge in [0.05, 0.1) is 0 Å². The van der Waals surface area contributed by atoms with Crippen LogP contribution in [0.2, 0.25) is 19.6 Å². The molecule has 0 fully saturated rings. The van der Waals surface area contributed by atoms with Gasteiger partial charge in [-0.1, -0.05) is 6.07 Å². The first-order valence-corrected chi connectivity index (χ1v) is 11.0. The molecule has 7 heteroatoms. The Kier molecular flexibility index (Phi) is 6.32. The number of amides is 1. The zero-order valence-electron chi connectivity index (χ0n) is 14.7. The van der Waals surface area contributed by atoms with Crippen LogP contribution in [-0.2, 0) is 20.4 Å². The van der Waals surface area contributed by atoms with Crippen LogP contribution in [0, 0.1) is 0 Å². The van der Waals surface area contributed by atoms with Crippen LogP contribution in [0.1, 0.15) is 26.5 Å². The van der Waals surface area contributed by atoms with Gasteiger partial charge in [0, 0.05) is 18.3 Å². The lowest BCUT2D eigenvalue weighted by Gasteiger charge is -2.25. The van der Waals surface area contributed by atoms with E-state index in [-0.39, 0.29) is 6.42 Å². The van der Waals surface area contributed by atoms with Crippen molar-refractivity contribution >= 4 is 20.4 Å². The van der Waals surface area contributed by atoms with E-state index in [1.165, 1.54) is 0 Å². The standard InChI is InChI=1S/C16H26N2O4Si/c1-16(2,3)21-15(20)18-13(14(19)22-23(4,5)6)11-12-9-7-8-10-17-12/h7-10,13H,11H2,1-6H3,(H,18,20)/t13-/m1/s1. The van der Waals surface area contributed by atoms with Crippen molar-refractivity contribution in [3.63, 3.8) is 0 Å². The molecule has 1 amide bonds. The Labute approximate surface area is 138 Å². The van der Waals surface area contributed by atoms with E-state index in [0.717, 1.165) is 0 Å². The molecule has 1 aromatic rings. The van der Waals surface area contributed by atoms with Crippen LogP contribution >= 0.6 is 0 Å². The Bertz CT molecular complexity index is 535. The van der Waals surface area contributed by atoms with Gasteiger partial charge in [-0.2, -0.15) is 0 Å². The number of carbonyl (C=O) groups excluding carboxylic acids is 2. The molecule has 1 aromatic heterocycles. The number of alkyl carbamates (subject to hydrolysis) is 1. The van der Waals surface area contributed by atoms with Crippen molar-refractivity contribution in [3.8, 4) is 0 Å². The average molecular weight is 338 g/mol. The van der Waals surface area contributed by atoms with Gasteiger partial charge in [-0.05, 0) is 52.5 Å². The lowest BCUT2D eigenvalue weighted by atomic mass is 10.1. The van der Waals surface area contributed by atoms with Gasteiger partial charge in [0.1, 0.15) is 11.6 Å². The van der Waals surface area contributed by atoms with Crippen molar-refractivity contribution in [3.05, 3.63) is 30.1 Å². The maximum Gasteiger partial charge on any atom is 0.408 e. The van der Waals surface area contributed by atoms with Crippen LogP contribution in [0.25, 0.3) is 0 Å². The van der Waals surface area contributed by atoms with Crippen LogP contribution in [-0.4, -0.2) is 37.0 Å². The van der Waals surface area contributed by atoms with Crippen LogP contribution in [0.5, 0.6) is 0 Å². The molecule has 1 heterocycles. The number of ether oxygens (including phenoxy) is 1. The van der Waals surface area contributed by atoms with E-state index in [2.05, 4.69) is 10.3 Å². The monoisotopic (exact) mass is 338 g/mol. The number of hydrogen-bond donors (Lipinski definition) is 1. The fraction of sp³-hybridized carbons (Fsp3) is 0.562. The number of nitrogens with one attached hydrogen (secondary N) is 1. The number of aromatic nitrogens is 1. The Morgan fingerprint density at radius 1 is 1.26 bits per heavy atom. The molecule has 0 aliphatic carbocycles. The second-order valence-electron chi connectivity index (χ2n) is 7.26. The maximum absolute atomic E-state index is 12.4. The number of carbonyl (C=O) groups is 2. The molecule has 0 aromatic carbocycles. The summed E-state index contributed by atoms with van der Waals surface area (Å²) in [5.41, 5.74) is 0.0589. The summed E-state index contributed by atoms with van der Waals surface area (Å²) in [4.78, 5) is 28.5. The van der Waals surface area contributed by atoms with E-state index in [9.17, 15) is 9.59 Å². The Balaban J connectivity index is 2.83. The Morgan fingerprint density at radius 2 is 1.91 bits per heavy atom. The van der Waals surface area contributed by atoms with Crippen molar-refractivity contribution in [2.24, 2.45) is 0 Å². The summed E-state index contributed by atoms with van der Waals surface area (Å²) < 4.78 is 10.7. The number of nitrogens with zero attached hydrogens (tertiary/aromatic N) is 1. The SMILES string of the molecule is CC(C)(C)OC(=O)N[C@H](Cc1ccccn1)C(=O)O[Si](C)(C)C. The third-order valence-electron chi connectivity index (χ3n) is 2.52. The summed E-state index contributed by atoms with van der Waals surface area (Å²) in [7, 11) is -2.06. The van der Waals surface area contributed by atoms with E-state index < -0.39 is 32.0 Å². The number of rotatable bonds is 5. The molecule has 128 valence electrons. The van der Waals surface area contributed by atoms with Crippen LogP contribution in [0.3, 0.4) is 0 Å². The fourth-order valence-electron chi connectivity index (χ4n) is 1.74. The highest BCUT2D eigenvalue weighted by Gasteiger charge is 2.30. The summed E-state index contributed by atoms with van der Waals surface area (Å²) in [5, 5.41) is 2.59. The molecule has 0 saturated heterocycles. The van der Waals surface area contributed by atoms with Gasteiger partial charge in [-0.15, -0.1) is 0 Å². The minimum atomic E-state index is -2.06. The molecule has 0 saturated carbocycles. The summed E-state index contributed by atoms with van der Waals surface area (Å²) in [6.45, 7) is 11.0. The van der Waals surface area contributed by atoms with Gasteiger partial charge in [0.15, 0.2) is 0 Å². The van der Waals surface area contributed by atoms with Crippen molar-refractivity contribution in [2.45, 2.75) is 58.5 Å². The molecule has 0 spiro atoms. The van der Waals surface area contributed by atoms with Gasteiger partial charge in [-0.3, -0.25) is 9.78 Å². The zero-order valence-corrected chi connectivity index (χ0v) is 15.7. The maximum atomic E-state index is 12.4. The second kappa shape index (κ2) is 7.59. The molecule has 0 aliphatic rings. The van der Waals surface area contributed by atoms with Gasteiger partial charge >= 0.3 is 12.1 Å². The molecule has 0 radical (unpaired) electrons. The highest BCUT2D eigenvalue weighted by Crippen LogP contribution is 2.10. The lowest BCUT2D eigenvalue weighted by molar-refractivity contribution is -0.137. The predicted octanol–water partition coefficient (Wildman–Crippen LogP) is 2.90. The summed E-state index contributed by atoms with van der Waals surface area (Å²) in [6.07, 6.45) is 1.25. The largest absolute Gasteiger partial charge is 0.518 e. The van der Waals surface area contributed by atoms with E-state index in [4.69, 9.17) is 9.16 Å². The van der Waals surface area contributed by atoms with Crippen molar-refractivity contribution in [1.82, 2.24) is 10.3 Å². The molecular weight excluding hydrogens is 312 g/mol. The van der Waals surface area contributed by atoms with Crippen molar-refractivity contribution in [1.29, 1.82) is 0 Å². The molecule has 0 unspecified atom stereocenters. The van der Waals surface area contributed by atoms with Crippen LogP contribution in [0.4, 0.5) is 4.79 Å². The quantitative estimate of drug-likeness (QED) is 0.835. The van der Waals surface area contributed by atoms with E-state index >= 15 is 0 Å². The first-order valence-electron chi connectivity index (χ1n) is 7.58. The van der Waals surface area contributed by atoms with E-state index in [0.29, 0.717) is 5.69 Å². The Hall–Kier alpha value is -1.89. The topological polar surface area (TPSA) is 77.5 Å². The highest BCUT2D eigenvalue weighted by molar-refractivity contribution is 6.71. The predicted molar refractivity (Wildman–Crippen MR) is 90.5 cm³/mol. The van der Waals surface area contributed by atoms with Gasteiger partial charge < -0.3 is 14.5 Å². The normalized spacial score (nSPS) is 13.1. The van der Waals surface area contributed by atoms with Crippen molar-refractivity contribution < 1.29 is 18.8 Å². The second-order valence-corrected chi connectivity index (χ2v) is 11.7. The first-order chi connectivity index (χ1) is 10.5. The smallest absolute Gasteiger partial charge is 0.408 e. The molecular formula is C16H26N2O4Si. The van der Waals surface area contributed by atoms with Crippen LogP contribution in [0.15, 0.2) is 24.4 Å². The van der Waals surface area contributed by atoms with Gasteiger partial charge in [0.25, 0.3) is 0 Å². The number of pyridine rings is 1. The molecule has 1 atom stereocenters. The molecule has 0 aliphatic heterocycles. The first kappa shape index (κ1) is 19.2. The third kappa shape index (κ3) is 8.34. The molecule has 1 N–H and O–H groups in total. The number of hydrogen-bond acceptors (Lipinski definition) is 5. The zero-order chi connectivity index (χ0) is 17.7. The Morgan fingerprint density at radius 3 is 2.39 bits per heavy atom. The highest BCUT2D eigenvalue weighted by atomic mass is 28.4. The molecule has 6 nitrogen and oxygen atoms in total. The van der Waals surface area contributed by atoms with Gasteiger partial charge in [-0.25, -0.2) is 4.79 Å². The average Bonchev–Trinajstić information content (AvgIpc) is 2.34.